The molecule has 2 aromatic heterocycles. The van der Waals surface area contributed by atoms with Crippen molar-refractivity contribution in [3.05, 3.63) is 61.2 Å². The topological polar surface area (TPSA) is 132 Å². The van der Waals surface area contributed by atoms with E-state index in [0.29, 0.717) is 0 Å². The minimum atomic E-state index is -4.05. The van der Waals surface area contributed by atoms with Gasteiger partial charge in [-0.15, -0.1) is 0 Å². The van der Waals surface area contributed by atoms with E-state index in [4.69, 9.17) is 0 Å². The zero-order chi connectivity index (χ0) is 24.7. The average molecular weight is 479 g/mol. The van der Waals surface area contributed by atoms with Crippen LogP contribution in [0.25, 0.3) is 0 Å². The Bertz CT molecular complexity index is 944. The monoisotopic (exact) mass is 478 g/mol. The summed E-state index contributed by atoms with van der Waals surface area (Å²) in [7, 11) is -0.0687. The van der Waals surface area contributed by atoms with Crippen molar-refractivity contribution in [3.63, 3.8) is 0 Å². The van der Waals surface area contributed by atoms with Crippen molar-refractivity contribution in [2.45, 2.75) is 20.8 Å². The van der Waals surface area contributed by atoms with Crippen molar-refractivity contribution < 1.29 is 35.1 Å². The summed E-state index contributed by atoms with van der Waals surface area (Å²) < 4.78 is 67.2. The first-order valence-electron chi connectivity index (χ1n) is 9.11. The van der Waals surface area contributed by atoms with Gasteiger partial charge in [-0.05, 0) is 20.8 Å². The van der Waals surface area contributed by atoms with Crippen molar-refractivity contribution >= 4 is 20.2 Å². The zero-order valence-corrected chi connectivity index (χ0v) is 20.8. The molecule has 2 heterocycles. The maximum Gasteiger partial charge on any atom is 0.243 e. The minimum Gasteiger partial charge on any atom is -0.748 e. The Kier molecular flexibility index (Phi) is 15.5. The smallest absolute Gasteiger partial charge is 0.243 e. The highest BCUT2D eigenvalue weighted by molar-refractivity contribution is 7.86. The highest BCUT2D eigenvalue weighted by Crippen LogP contribution is 1.90. The van der Waals surface area contributed by atoms with Crippen LogP contribution in [-0.4, -0.2) is 46.6 Å². The molecule has 0 saturated heterocycles. The lowest BCUT2D eigenvalue weighted by Crippen LogP contribution is -2.23. The summed E-state index contributed by atoms with van der Waals surface area (Å²) in [6.07, 6.45) is 16.2. The van der Waals surface area contributed by atoms with E-state index in [-0.39, 0.29) is 0 Å². The van der Waals surface area contributed by atoms with Crippen LogP contribution in [0.15, 0.2) is 61.2 Å². The van der Waals surface area contributed by atoms with Gasteiger partial charge in [0, 0.05) is 0 Å². The fourth-order valence-corrected chi connectivity index (χ4v) is 2.60. The van der Waals surface area contributed by atoms with Gasteiger partial charge in [-0.1, -0.05) is 23.8 Å². The SMILES string of the molecule is CC(C)=CCS(=O)(=O)[O-].CC=CCS(=O)(=O)[O-].Cn1cc[n+](C)c1.Cn1cc[n+](C)c1. The van der Waals surface area contributed by atoms with E-state index in [2.05, 4.69) is 0 Å². The van der Waals surface area contributed by atoms with Crippen LogP contribution in [0.3, 0.4) is 0 Å². The fraction of sp³-hybridized carbons (Fsp3) is 0.474. The van der Waals surface area contributed by atoms with E-state index in [1.807, 2.05) is 83.9 Å². The van der Waals surface area contributed by atoms with Gasteiger partial charge in [-0.3, -0.25) is 0 Å². The summed E-state index contributed by atoms with van der Waals surface area (Å²) in [5.74, 6) is -0.793. The number of hydrogen-bond donors (Lipinski definition) is 0. The van der Waals surface area contributed by atoms with E-state index in [9.17, 15) is 25.9 Å². The van der Waals surface area contributed by atoms with Gasteiger partial charge in [0.15, 0.2) is 0 Å². The Hall–Kier alpha value is -2.28. The molecule has 0 aliphatic carbocycles. The fourth-order valence-electron chi connectivity index (χ4n) is 1.63. The highest BCUT2D eigenvalue weighted by Gasteiger charge is 1.89. The summed E-state index contributed by atoms with van der Waals surface area (Å²) in [5, 5.41) is 0. The van der Waals surface area contributed by atoms with Gasteiger partial charge in [0.1, 0.15) is 24.8 Å². The van der Waals surface area contributed by atoms with Crippen LogP contribution in [0, 0.1) is 0 Å². The molecular weight excluding hydrogens is 444 g/mol. The lowest BCUT2D eigenvalue weighted by atomic mass is 10.3. The molecule has 0 aliphatic heterocycles. The molecule has 10 nitrogen and oxygen atoms in total. The van der Waals surface area contributed by atoms with Gasteiger partial charge in [-0.2, -0.15) is 0 Å². The molecule has 12 heteroatoms. The molecule has 0 fully saturated rings. The normalized spacial score (nSPS) is 10.7. The van der Waals surface area contributed by atoms with Gasteiger partial charge in [0.2, 0.25) is 12.7 Å². The standard InChI is InChI=1S/2C5H9N2.C5H10O3S.C4H8O3S/c2*1-6-3-4-7(2)5-6;1-5(2)3-4-9(6,7)8;1-2-3-4-8(5,6)7/h2*3-5H,1-2H3;3H,4H2,1-2H3,(H,6,7,8);2-3H,4H2,1H3,(H,5,6,7)/q2*+1;;/p-2. The Labute approximate surface area is 186 Å². The zero-order valence-electron chi connectivity index (χ0n) is 19.2. The third kappa shape index (κ3) is 25.7. The van der Waals surface area contributed by atoms with Crippen molar-refractivity contribution in [2.24, 2.45) is 28.2 Å². The van der Waals surface area contributed by atoms with Gasteiger partial charge < -0.3 is 9.11 Å². The molecule has 0 unspecified atom stereocenters. The molecule has 0 bridgehead atoms. The number of aromatic nitrogens is 4. The van der Waals surface area contributed by atoms with Crippen LogP contribution in [-0.2, 0) is 48.4 Å². The van der Waals surface area contributed by atoms with Crippen molar-refractivity contribution in [2.75, 3.05) is 11.5 Å². The molecule has 2 rings (SSSR count). The molecule has 0 aliphatic rings. The molecule has 0 atom stereocenters. The maximum atomic E-state index is 9.94. The number of allylic oxidation sites excluding steroid dienone is 2. The lowest BCUT2D eigenvalue weighted by Gasteiger charge is -2.01. The Morgan fingerprint density at radius 3 is 1.35 bits per heavy atom. The largest absolute Gasteiger partial charge is 0.748 e. The highest BCUT2D eigenvalue weighted by atomic mass is 32.2. The van der Waals surface area contributed by atoms with Gasteiger partial charge in [0.05, 0.1) is 59.9 Å². The number of hydrogen-bond acceptors (Lipinski definition) is 6. The lowest BCUT2D eigenvalue weighted by molar-refractivity contribution is -0.671. The second-order valence-electron chi connectivity index (χ2n) is 6.79. The molecule has 0 N–H and O–H groups in total. The van der Waals surface area contributed by atoms with Gasteiger partial charge in [0.25, 0.3) is 0 Å². The van der Waals surface area contributed by atoms with Crippen molar-refractivity contribution in [3.8, 4) is 0 Å². The van der Waals surface area contributed by atoms with Crippen LogP contribution < -0.4 is 9.13 Å². The second kappa shape index (κ2) is 15.5. The minimum absolute atomic E-state index is 0.394. The molecule has 178 valence electrons. The maximum absolute atomic E-state index is 9.94. The molecular formula is C19H34N4O6S2. The third-order valence-corrected chi connectivity index (χ3v) is 4.21. The third-order valence-electron chi connectivity index (χ3n) is 3.03. The second-order valence-corrected chi connectivity index (χ2v) is 9.69. The molecule has 0 spiro atoms. The Morgan fingerprint density at radius 1 is 0.871 bits per heavy atom. The summed E-state index contributed by atoms with van der Waals surface area (Å²) in [6.45, 7) is 5.14. The molecule has 0 radical (unpaired) electrons. The molecule has 0 saturated carbocycles. The number of rotatable bonds is 4. The Balaban J connectivity index is 0. The number of aryl methyl sites for hydroxylation is 4. The first-order chi connectivity index (χ1) is 14.1. The van der Waals surface area contributed by atoms with Crippen molar-refractivity contribution in [1.29, 1.82) is 0 Å². The predicted octanol–water partition coefficient (Wildman–Crippen LogP) is 0.305. The van der Waals surface area contributed by atoms with Crippen LogP contribution in [0.1, 0.15) is 20.8 Å². The van der Waals surface area contributed by atoms with E-state index >= 15 is 0 Å². The molecule has 31 heavy (non-hydrogen) atoms. The van der Waals surface area contributed by atoms with E-state index in [1.165, 1.54) is 18.2 Å². The van der Waals surface area contributed by atoms with Crippen LogP contribution in [0.2, 0.25) is 0 Å². The summed E-state index contributed by atoms with van der Waals surface area (Å²) in [5.41, 5.74) is 0.842. The van der Waals surface area contributed by atoms with Gasteiger partial charge >= 0.3 is 0 Å². The average Bonchev–Trinajstić information content (AvgIpc) is 3.18. The number of imidazole rings is 2. The van der Waals surface area contributed by atoms with Gasteiger partial charge in [-0.25, -0.2) is 35.1 Å². The van der Waals surface area contributed by atoms with Crippen LogP contribution >= 0.6 is 0 Å². The van der Waals surface area contributed by atoms with E-state index in [1.54, 1.807) is 20.8 Å². The first kappa shape index (κ1) is 30.9. The first-order valence-corrected chi connectivity index (χ1v) is 12.3. The summed E-state index contributed by atoms with van der Waals surface area (Å²) in [6, 6.07) is 0. The van der Waals surface area contributed by atoms with Crippen LogP contribution in [0.5, 0.6) is 0 Å². The van der Waals surface area contributed by atoms with E-state index in [0.717, 1.165) is 5.57 Å². The Morgan fingerprint density at radius 2 is 1.26 bits per heavy atom. The predicted molar refractivity (Wildman–Crippen MR) is 117 cm³/mol. The van der Waals surface area contributed by atoms with Crippen molar-refractivity contribution in [1.82, 2.24) is 9.13 Å². The van der Waals surface area contributed by atoms with E-state index < -0.39 is 31.7 Å². The molecule has 0 amide bonds. The number of nitrogens with zero attached hydrogens (tertiary/aromatic N) is 4. The van der Waals surface area contributed by atoms with Crippen LogP contribution in [0.4, 0.5) is 0 Å². The molecule has 2 aromatic rings. The quantitative estimate of drug-likeness (QED) is 0.353. The molecule has 0 aromatic carbocycles. The summed E-state index contributed by atoms with van der Waals surface area (Å²) in [4.78, 5) is 0. The summed E-state index contributed by atoms with van der Waals surface area (Å²) >= 11 is 0.